The van der Waals surface area contributed by atoms with Crippen molar-refractivity contribution in [1.82, 2.24) is 14.5 Å². The highest BCUT2D eigenvalue weighted by molar-refractivity contribution is 5.77. The van der Waals surface area contributed by atoms with Crippen molar-refractivity contribution < 1.29 is 9.50 Å². The lowest BCUT2D eigenvalue weighted by molar-refractivity contribution is 0.0794. The van der Waals surface area contributed by atoms with E-state index in [4.69, 9.17) is 0 Å². The average Bonchev–Trinajstić information content (AvgIpc) is 2.52. The first-order chi connectivity index (χ1) is 11.0. The Morgan fingerprint density at radius 3 is 2.83 bits per heavy atom. The van der Waals surface area contributed by atoms with Gasteiger partial charge in [0.1, 0.15) is 5.82 Å². The summed E-state index contributed by atoms with van der Waals surface area (Å²) in [5.74, 6) is 0.331. The second-order valence-electron chi connectivity index (χ2n) is 6.50. The third-order valence-electron chi connectivity index (χ3n) is 4.54. The molecule has 0 radical (unpaired) electrons. The third kappa shape index (κ3) is 3.76. The zero-order valence-corrected chi connectivity index (χ0v) is 13.3. The zero-order valence-electron chi connectivity index (χ0n) is 13.3. The van der Waals surface area contributed by atoms with Crippen LogP contribution in [0.25, 0.3) is 10.9 Å². The number of piperidine rings is 1. The molecular formula is C17H22FN3O2. The van der Waals surface area contributed by atoms with Crippen LogP contribution in [0.1, 0.15) is 19.8 Å². The summed E-state index contributed by atoms with van der Waals surface area (Å²) in [7, 11) is 0. The van der Waals surface area contributed by atoms with Gasteiger partial charge in [0.05, 0.1) is 29.9 Å². The monoisotopic (exact) mass is 319 g/mol. The predicted octanol–water partition coefficient (Wildman–Crippen LogP) is 1.63. The Morgan fingerprint density at radius 1 is 1.35 bits per heavy atom. The number of aliphatic hydroxyl groups excluding tert-OH is 1. The fourth-order valence-corrected chi connectivity index (χ4v) is 3.09. The van der Waals surface area contributed by atoms with Crippen molar-refractivity contribution in [3.05, 3.63) is 40.7 Å². The first-order valence-corrected chi connectivity index (χ1v) is 8.08. The van der Waals surface area contributed by atoms with Gasteiger partial charge >= 0.3 is 0 Å². The molecule has 6 heteroatoms. The summed E-state index contributed by atoms with van der Waals surface area (Å²) in [6.07, 6.45) is 3.05. The Kier molecular flexibility index (Phi) is 4.73. The van der Waals surface area contributed by atoms with Crippen LogP contribution in [-0.4, -0.2) is 45.3 Å². The molecule has 1 aliphatic heterocycles. The number of β-amino-alcohol motifs (C(OH)–C–C–N with tert-alkyl or cyclic N) is 1. The molecule has 124 valence electrons. The molecule has 1 fully saturated rings. The fourth-order valence-electron chi connectivity index (χ4n) is 3.09. The Labute approximate surface area is 134 Å². The van der Waals surface area contributed by atoms with Crippen molar-refractivity contribution in [3.63, 3.8) is 0 Å². The molecule has 1 atom stereocenters. The highest BCUT2D eigenvalue weighted by Crippen LogP contribution is 2.16. The molecule has 0 saturated carbocycles. The Balaban J connectivity index is 1.70. The summed E-state index contributed by atoms with van der Waals surface area (Å²) in [6.45, 7) is 4.98. The maximum atomic E-state index is 13.2. The summed E-state index contributed by atoms with van der Waals surface area (Å²) >= 11 is 0. The smallest absolute Gasteiger partial charge is 0.261 e. The number of halogens is 1. The predicted molar refractivity (Wildman–Crippen MR) is 86.8 cm³/mol. The lowest BCUT2D eigenvalue weighted by Gasteiger charge is -2.31. The van der Waals surface area contributed by atoms with Crippen LogP contribution in [0.15, 0.2) is 29.3 Å². The molecule has 0 bridgehead atoms. The van der Waals surface area contributed by atoms with Gasteiger partial charge < -0.3 is 10.0 Å². The molecule has 1 aromatic carbocycles. The van der Waals surface area contributed by atoms with E-state index < -0.39 is 11.9 Å². The quantitative estimate of drug-likeness (QED) is 0.930. The van der Waals surface area contributed by atoms with Gasteiger partial charge in [-0.25, -0.2) is 9.37 Å². The number of likely N-dealkylation sites (tertiary alicyclic amines) is 1. The van der Waals surface area contributed by atoms with Crippen LogP contribution in [-0.2, 0) is 6.54 Å². The van der Waals surface area contributed by atoms with E-state index >= 15 is 0 Å². The van der Waals surface area contributed by atoms with E-state index in [0.29, 0.717) is 17.4 Å². The molecular weight excluding hydrogens is 297 g/mol. The van der Waals surface area contributed by atoms with Gasteiger partial charge in [-0.2, -0.15) is 0 Å². The second kappa shape index (κ2) is 6.76. The number of aromatic nitrogens is 2. The van der Waals surface area contributed by atoms with Gasteiger partial charge in [-0.15, -0.1) is 0 Å². The van der Waals surface area contributed by atoms with Gasteiger partial charge in [-0.1, -0.05) is 6.92 Å². The lowest BCUT2D eigenvalue weighted by atomic mass is 9.99. The van der Waals surface area contributed by atoms with Gasteiger partial charge in [0.25, 0.3) is 5.56 Å². The van der Waals surface area contributed by atoms with Crippen molar-refractivity contribution in [2.75, 3.05) is 19.6 Å². The molecule has 0 spiro atoms. The number of fused-ring (bicyclic) bond motifs is 1. The van der Waals surface area contributed by atoms with E-state index in [1.807, 2.05) is 0 Å². The van der Waals surface area contributed by atoms with Crippen molar-refractivity contribution in [2.45, 2.75) is 32.4 Å². The fraction of sp³-hybridized carbons (Fsp3) is 0.529. The number of nitrogens with zero attached hydrogens (tertiary/aromatic N) is 3. The SMILES string of the molecule is CC1CCN(C[C@H](O)Cn2cnc3cc(F)ccc3c2=O)CC1. The maximum absolute atomic E-state index is 13.2. The van der Waals surface area contributed by atoms with Crippen LogP contribution in [0.2, 0.25) is 0 Å². The van der Waals surface area contributed by atoms with Crippen LogP contribution < -0.4 is 5.56 Å². The van der Waals surface area contributed by atoms with Crippen LogP contribution in [0.4, 0.5) is 4.39 Å². The van der Waals surface area contributed by atoms with E-state index in [1.165, 1.54) is 29.1 Å². The third-order valence-corrected chi connectivity index (χ3v) is 4.54. The van der Waals surface area contributed by atoms with Crippen molar-refractivity contribution >= 4 is 10.9 Å². The summed E-state index contributed by atoms with van der Waals surface area (Å²) in [6, 6.07) is 3.93. The highest BCUT2D eigenvalue weighted by Gasteiger charge is 2.19. The number of hydrogen-bond donors (Lipinski definition) is 1. The Bertz CT molecular complexity index is 738. The van der Waals surface area contributed by atoms with E-state index in [1.54, 1.807) is 0 Å². The second-order valence-corrected chi connectivity index (χ2v) is 6.50. The molecule has 0 unspecified atom stereocenters. The normalized spacial score (nSPS) is 18.4. The first kappa shape index (κ1) is 16.1. The largest absolute Gasteiger partial charge is 0.390 e. The lowest BCUT2D eigenvalue weighted by Crippen LogP contribution is -2.40. The van der Waals surface area contributed by atoms with Crippen molar-refractivity contribution in [3.8, 4) is 0 Å². The van der Waals surface area contributed by atoms with Crippen LogP contribution in [0.3, 0.4) is 0 Å². The zero-order chi connectivity index (χ0) is 16.4. The number of hydrogen-bond acceptors (Lipinski definition) is 4. The molecule has 0 amide bonds. The van der Waals surface area contributed by atoms with E-state index in [2.05, 4.69) is 16.8 Å². The molecule has 2 aromatic rings. The topological polar surface area (TPSA) is 58.4 Å². The van der Waals surface area contributed by atoms with E-state index in [9.17, 15) is 14.3 Å². The molecule has 23 heavy (non-hydrogen) atoms. The molecule has 5 nitrogen and oxygen atoms in total. The molecule has 1 saturated heterocycles. The Morgan fingerprint density at radius 2 is 2.09 bits per heavy atom. The highest BCUT2D eigenvalue weighted by atomic mass is 19.1. The van der Waals surface area contributed by atoms with E-state index in [-0.39, 0.29) is 12.1 Å². The minimum absolute atomic E-state index is 0.200. The standard InChI is InChI=1S/C17H22FN3O2/c1-12-4-6-20(7-5-12)9-14(22)10-21-11-19-16-8-13(18)2-3-15(16)17(21)23/h2-3,8,11-12,14,22H,4-7,9-10H2,1H3/t14-/m0/s1. The van der Waals surface area contributed by atoms with E-state index in [0.717, 1.165) is 31.8 Å². The Hall–Kier alpha value is -1.79. The average molecular weight is 319 g/mol. The number of rotatable bonds is 4. The van der Waals surface area contributed by atoms with Gasteiger partial charge in [0.2, 0.25) is 0 Å². The minimum Gasteiger partial charge on any atom is -0.390 e. The molecule has 0 aliphatic carbocycles. The number of benzene rings is 1. The molecule has 1 aliphatic rings. The molecule has 3 rings (SSSR count). The summed E-state index contributed by atoms with van der Waals surface area (Å²) in [4.78, 5) is 18.7. The number of aliphatic hydroxyl groups is 1. The molecule has 1 aromatic heterocycles. The summed E-state index contributed by atoms with van der Waals surface area (Å²) in [5.41, 5.74) is 0.0899. The van der Waals surface area contributed by atoms with Crippen molar-refractivity contribution in [1.29, 1.82) is 0 Å². The van der Waals surface area contributed by atoms with Crippen LogP contribution in [0, 0.1) is 11.7 Å². The molecule has 1 N–H and O–H groups in total. The summed E-state index contributed by atoms with van der Waals surface area (Å²) in [5, 5.41) is 10.6. The van der Waals surface area contributed by atoms with Crippen molar-refractivity contribution in [2.24, 2.45) is 5.92 Å². The maximum Gasteiger partial charge on any atom is 0.261 e. The molecule has 2 heterocycles. The van der Waals surface area contributed by atoms with Gasteiger partial charge in [-0.05, 0) is 44.0 Å². The van der Waals surface area contributed by atoms with Gasteiger partial charge in [-0.3, -0.25) is 9.36 Å². The van der Waals surface area contributed by atoms with Crippen LogP contribution >= 0.6 is 0 Å². The van der Waals surface area contributed by atoms with Crippen LogP contribution in [0.5, 0.6) is 0 Å². The van der Waals surface area contributed by atoms with Gasteiger partial charge in [0.15, 0.2) is 0 Å². The first-order valence-electron chi connectivity index (χ1n) is 8.08. The summed E-state index contributed by atoms with van der Waals surface area (Å²) < 4.78 is 14.6. The van der Waals surface area contributed by atoms with Gasteiger partial charge in [0, 0.05) is 12.6 Å². The minimum atomic E-state index is -0.624.